The molecule has 0 radical (unpaired) electrons. The van der Waals surface area contributed by atoms with Crippen LogP contribution in [0.3, 0.4) is 0 Å². The molecule has 7 heteroatoms. The minimum absolute atomic E-state index is 0.217. The van der Waals surface area contributed by atoms with Crippen molar-refractivity contribution >= 4 is 29.1 Å². The monoisotopic (exact) mass is 265 g/mol. The molecule has 1 aromatic carbocycles. The SMILES string of the molecule is O=C(O)c1cc(Nc2cccc(Cl)c2)n[nH]c1=O. The summed E-state index contributed by atoms with van der Waals surface area (Å²) < 4.78 is 0. The molecule has 1 aromatic heterocycles. The number of rotatable bonds is 3. The fourth-order valence-corrected chi connectivity index (χ4v) is 1.53. The van der Waals surface area contributed by atoms with E-state index in [0.717, 1.165) is 6.07 Å². The molecule has 2 rings (SSSR count). The molecule has 0 saturated heterocycles. The molecule has 0 atom stereocenters. The maximum Gasteiger partial charge on any atom is 0.341 e. The summed E-state index contributed by atoms with van der Waals surface area (Å²) in [6.07, 6.45) is 0. The van der Waals surface area contributed by atoms with E-state index in [0.29, 0.717) is 10.7 Å². The van der Waals surface area contributed by atoms with Gasteiger partial charge in [-0.1, -0.05) is 17.7 Å². The number of hydrogen-bond donors (Lipinski definition) is 3. The molecule has 0 bridgehead atoms. The number of hydrogen-bond acceptors (Lipinski definition) is 4. The van der Waals surface area contributed by atoms with Gasteiger partial charge in [-0.3, -0.25) is 4.79 Å². The number of halogens is 1. The highest BCUT2D eigenvalue weighted by Gasteiger charge is 2.10. The van der Waals surface area contributed by atoms with Crippen LogP contribution in [0.15, 0.2) is 35.1 Å². The number of aromatic nitrogens is 2. The summed E-state index contributed by atoms with van der Waals surface area (Å²) in [6, 6.07) is 7.97. The van der Waals surface area contributed by atoms with Crippen molar-refractivity contribution in [3.05, 3.63) is 51.3 Å². The predicted molar refractivity (Wildman–Crippen MR) is 66.6 cm³/mol. The van der Waals surface area contributed by atoms with E-state index in [1.165, 1.54) is 0 Å². The number of aromatic amines is 1. The third-order valence-electron chi connectivity index (χ3n) is 2.13. The number of nitrogens with one attached hydrogen (secondary N) is 2. The van der Waals surface area contributed by atoms with Gasteiger partial charge in [-0.05, 0) is 18.2 Å². The normalized spacial score (nSPS) is 10.1. The number of aromatic carboxylic acids is 1. The largest absolute Gasteiger partial charge is 0.477 e. The quantitative estimate of drug-likeness (QED) is 0.787. The van der Waals surface area contributed by atoms with Crippen LogP contribution in [-0.2, 0) is 0 Å². The lowest BCUT2D eigenvalue weighted by atomic mass is 10.3. The van der Waals surface area contributed by atoms with Crippen LogP contribution in [0.5, 0.6) is 0 Å². The Labute approximate surface area is 106 Å². The minimum atomic E-state index is -1.31. The lowest BCUT2D eigenvalue weighted by Crippen LogP contribution is -2.19. The van der Waals surface area contributed by atoms with Gasteiger partial charge in [0.1, 0.15) is 5.56 Å². The Bertz CT molecular complexity index is 654. The third-order valence-corrected chi connectivity index (χ3v) is 2.37. The standard InChI is InChI=1S/C11H8ClN3O3/c12-6-2-1-3-7(4-6)13-9-5-8(11(17)18)10(16)15-14-9/h1-5H,(H,13,14)(H,15,16)(H,17,18). The van der Waals surface area contributed by atoms with Gasteiger partial charge < -0.3 is 10.4 Å². The van der Waals surface area contributed by atoms with Gasteiger partial charge in [-0.15, -0.1) is 0 Å². The van der Waals surface area contributed by atoms with Crippen LogP contribution < -0.4 is 10.9 Å². The van der Waals surface area contributed by atoms with Crippen LogP contribution >= 0.6 is 11.6 Å². The van der Waals surface area contributed by atoms with Gasteiger partial charge in [-0.25, -0.2) is 9.89 Å². The summed E-state index contributed by atoms with van der Waals surface area (Å²) in [4.78, 5) is 22.0. The predicted octanol–water partition coefficient (Wildman–Crippen LogP) is 1.87. The molecule has 1 heterocycles. The number of anilines is 2. The van der Waals surface area contributed by atoms with Crippen molar-refractivity contribution in [2.75, 3.05) is 5.32 Å². The molecule has 0 saturated carbocycles. The fourth-order valence-electron chi connectivity index (χ4n) is 1.34. The summed E-state index contributed by atoms with van der Waals surface area (Å²) >= 11 is 5.81. The zero-order chi connectivity index (χ0) is 13.1. The molecule has 92 valence electrons. The van der Waals surface area contributed by atoms with E-state index in [1.807, 2.05) is 0 Å². The first-order valence-corrected chi connectivity index (χ1v) is 5.29. The molecule has 0 aliphatic rings. The van der Waals surface area contributed by atoms with Gasteiger partial charge in [0.05, 0.1) is 0 Å². The van der Waals surface area contributed by atoms with Gasteiger partial charge in [0, 0.05) is 16.8 Å². The summed E-state index contributed by atoms with van der Waals surface area (Å²) in [5.41, 5.74) is -0.493. The lowest BCUT2D eigenvalue weighted by Gasteiger charge is -2.05. The Hall–Kier alpha value is -2.34. The van der Waals surface area contributed by atoms with Gasteiger partial charge >= 0.3 is 5.97 Å². The molecule has 6 nitrogen and oxygen atoms in total. The number of H-pyrrole nitrogens is 1. The molecule has 3 N–H and O–H groups in total. The van der Waals surface area contributed by atoms with E-state index in [-0.39, 0.29) is 11.4 Å². The molecule has 0 aliphatic heterocycles. The van der Waals surface area contributed by atoms with Gasteiger partial charge in [0.2, 0.25) is 0 Å². The van der Waals surface area contributed by atoms with Crippen LogP contribution in [0.2, 0.25) is 5.02 Å². The molecular formula is C11H8ClN3O3. The van der Waals surface area contributed by atoms with Crippen molar-refractivity contribution in [1.29, 1.82) is 0 Å². The number of carboxylic acid groups (broad SMARTS) is 1. The fraction of sp³-hybridized carbons (Fsp3) is 0. The second-order valence-corrected chi connectivity index (χ2v) is 3.87. The second-order valence-electron chi connectivity index (χ2n) is 3.44. The second kappa shape index (κ2) is 4.89. The zero-order valence-corrected chi connectivity index (χ0v) is 9.73. The van der Waals surface area contributed by atoms with E-state index < -0.39 is 11.5 Å². The maximum atomic E-state index is 11.2. The molecular weight excluding hydrogens is 258 g/mol. The maximum absolute atomic E-state index is 11.2. The highest BCUT2D eigenvalue weighted by atomic mass is 35.5. The Morgan fingerprint density at radius 1 is 1.39 bits per heavy atom. The minimum Gasteiger partial charge on any atom is -0.477 e. The van der Waals surface area contributed by atoms with E-state index in [9.17, 15) is 9.59 Å². The number of benzene rings is 1. The molecule has 2 aromatic rings. The van der Waals surface area contributed by atoms with E-state index in [1.54, 1.807) is 24.3 Å². The summed E-state index contributed by atoms with van der Waals surface area (Å²) in [5, 5.41) is 18.0. The number of nitrogens with zero attached hydrogens (tertiary/aromatic N) is 1. The van der Waals surface area contributed by atoms with E-state index in [4.69, 9.17) is 16.7 Å². The molecule has 0 amide bonds. The van der Waals surface area contributed by atoms with Crippen molar-refractivity contribution in [3.63, 3.8) is 0 Å². The van der Waals surface area contributed by atoms with Crippen LogP contribution in [0.1, 0.15) is 10.4 Å². The van der Waals surface area contributed by atoms with Crippen LogP contribution in [0.4, 0.5) is 11.5 Å². The molecule has 18 heavy (non-hydrogen) atoms. The number of carbonyl (C=O) groups is 1. The Balaban J connectivity index is 2.33. The topological polar surface area (TPSA) is 95.1 Å². The van der Waals surface area contributed by atoms with Crippen molar-refractivity contribution in [2.45, 2.75) is 0 Å². The Kier molecular flexibility index (Phi) is 3.29. The third kappa shape index (κ3) is 2.67. The van der Waals surface area contributed by atoms with Gasteiger partial charge in [0.15, 0.2) is 5.82 Å². The average Bonchev–Trinajstić information content (AvgIpc) is 2.31. The summed E-state index contributed by atoms with van der Waals surface area (Å²) in [6.45, 7) is 0. The van der Waals surface area contributed by atoms with Crippen LogP contribution in [-0.4, -0.2) is 21.3 Å². The zero-order valence-electron chi connectivity index (χ0n) is 8.98. The first-order chi connectivity index (χ1) is 8.56. The molecule has 0 aliphatic carbocycles. The Morgan fingerprint density at radius 3 is 2.83 bits per heavy atom. The molecule has 0 spiro atoms. The van der Waals surface area contributed by atoms with Gasteiger partial charge in [0.25, 0.3) is 5.56 Å². The van der Waals surface area contributed by atoms with Crippen LogP contribution in [0, 0.1) is 0 Å². The summed E-state index contributed by atoms with van der Waals surface area (Å²) in [7, 11) is 0. The van der Waals surface area contributed by atoms with Crippen molar-refractivity contribution in [3.8, 4) is 0 Å². The highest BCUT2D eigenvalue weighted by molar-refractivity contribution is 6.30. The van der Waals surface area contributed by atoms with Gasteiger partial charge in [-0.2, -0.15) is 5.10 Å². The average molecular weight is 266 g/mol. The lowest BCUT2D eigenvalue weighted by molar-refractivity contribution is 0.0694. The highest BCUT2D eigenvalue weighted by Crippen LogP contribution is 2.18. The first-order valence-electron chi connectivity index (χ1n) is 4.92. The van der Waals surface area contributed by atoms with E-state index in [2.05, 4.69) is 15.5 Å². The Morgan fingerprint density at radius 2 is 2.17 bits per heavy atom. The smallest absolute Gasteiger partial charge is 0.341 e. The molecule has 0 unspecified atom stereocenters. The number of carboxylic acids is 1. The summed E-state index contributed by atoms with van der Waals surface area (Å²) in [5.74, 6) is -1.10. The molecule has 0 fully saturated rings. The van der Waals surface area contributed by atoms with Crippen molar-refractivity contribution in [2.24, 2.45) is 0 Å². The van der Waals surface area contributed by atoms with Crippen molar-refractivity contribution in [1.82, 2.24) is 10.2 Å². The first kappa shape index (κ1) is 12.1. The van der Waals surface area contributed by atoms with Crippen molar-refractivity contribution < 1.29 is 9.90 Å². The van der Waals surface area contributed by atoms with Crippen LogP contribution in [0.25, 0.3) is 0 Å². The van der Waals surface area contributed by atoms with E-state index >= 15 is 0 Å².